The van der Waals surface area contributed by atoms with E-state index in [2.05, 4.69) is 15.9 Å². The molecule has 0 unspecified atom stereocenters. The van der Waals surface area contributed by atoms with Gasteiger partial charge in [0.2, 0.25) is 0 Å². The number of fused-ring (bicyclic) bond motifs is 1. The van der Waals surface area contributed by atoms with Crippen LogP contribution in [-0.2, 0) is 11.7 Å². The topological polar surface area (TPSA) is 4.93 Å². The van der Waals surface area contributed by atoms with Crippen LogP contribution in [0.25, 0.3) is 10.9 Å². The lowest BCUT2D eigenvalue weighted by molar-refractivity contribution is -0.144. The molecule has 0 aliphatic rings. The minimum atomic E-state index is -4.36. The van der Waals surface area contributed by atoms with Crippen molar-refractivity contribution in [3.8, 4) is 0 Å². The Labute approximate surface area is 118 Å². The summed E-state index contributed by atoms with van der Waals surface area (Å²) in [6.45, 7) is 7.20. The van der Waals surface area contributed by atoms with Crippen LogP contribution in [0.2, 0.25) is 0 Å². The number of alkyl halides is 3. The molecule has 104 valence electrons. The minimum Gasteiger partial charge on any atom is -0.332 e. The quantitative estimate of drug-likeness (QED) is 0.601. The van der Waals surface area contributed by atoms with E-state index in [0.717, 1.165) is 5.56 Å². The van der Waals surface area contributed by atoms with Gasteiger partial charge in [-0.05, 0) is 51.5 Å². The van der Waals surface area contributed by atoms with Crippen molar-refractivity contribution in [2.45, 2.75) is 39.4 Å². The lowest BCUT2D eigenvalue weighted by atomic mass is 10.1. The first-order valence-corrected chi connectivity index (χ1v) is 6.70. The van der Waals surface area contributed by atoms with Gasteiger partial charge in [-0.2, -0.15) is 13.2 Å². The number of aryl methyl sites for hydroxylation is 1. The van der Waals surface area contributed by atoms with Crippen molar-refractivity contribution in [1.29, 1.82) is 0 Å². The summed E-state index contributed by atoms with van der Waals surface area (Å²) < 4.78 is 41.7. The molecule has 0 bridgehead atoms. The van der Waals surface area contributed by atoms with Gasteiger partial charge in [0, 0.05) is 15.4 Å². The number of hydrogen-bond acceptors (Lipinski definition) is 0. The summed E-state index contributed by atoms with van der Waals surface area (Å²) in [5.74, 6) is 0. The predicted molar refractivity (Wildman–Crippen MR) is 74.4 cm³/mol. The predicted octanol–water partition coefficient (Wildman–Crippen LogP) is 5.49. The Morgan fingerprint density at radius 2 is 1.63 bits per heavy atom. The Hall–Kier alpha value is -0.970. The van der Waals surface area contributed by atoms with E-state index in [1.54, 1.807) is 26.8 Å². The second-order valence-corrected chi connectivity index (χ2v) is 6.57. The fourth-order valence-electron chi connectivity index (χ4n) is 2.33. The largest absolute Gasteiger partial charge is 0.431 e. The van der Waals surface area contributed by atoms with E-state index in [9.17, 15) is 13.2 Å². The molecule has 19 heavy (non-hydrogen) atoms. The molecule has 0 fully saturated rings. The fourth-order valence-corrected chi connectivity index (χ4v) is 3.00. The van der Waals surface area contributed by atoms with Crippen LogP contribution in [0.5, 0.6) is 0 Å². The van der Waals surface area contributed by atoms with Crippen molar-refractivity contribution in [1.82, 2.24) is 4.57 Å². The van der Waals surface area contributed by atoms with Gasteiger partial charge in [-0.1, -0.05) is 15.9 Å². The lowest BCUT2D eigenvalue weighted by Crippen LogP contribution is -2.27. The smallest absolute Gasteiger partial charge is 0.332 e. The van der Waals surface area contributed by atoms with E-state index in [-0.39, 0.29) is 0 Å². The third kappa shape index (κ3) is 2.53. The zero-order valence-corrected chi connectivity index (χ0v) is 12.8. The molecule has 1 aromatic carbocycles. The highest BCUT2D eigenvalue weighted by molar-refractivity contribution is 9.10. The second kappa shape index (κ2) is 4.27. The summed E-state index contributed by atoms with van der Waals surface area (Å²) in [4.78, 5) is 0. The number of aromatic nitrogens is 1. The summed E-state index contributed by atoms with van der Waals surface area (Å²) in [6.07, 6.45) is -4.36. The molecule has 0 amide bonds. The molecule has 0 spiro atoms. The first-order chi connectivity index (χ1) is 8.51. The molecule has 1 nitrogen and oxygen atoms in total. The number of benzene rings is 1. The molecule has 0 atom stereocenters. The summed E-state index contributed by atoms with van der Waals surface area (Å²) in [5, 5.41) is 0.591. The second-order valence-electron chi connectivity index (χ2n) is 5.71. The number of halogens is 4. The van der Waals surface area contributed by atoms with Crippen LogP contribution in [0.4, 0.5) is 13.2 Å². The van der Waals surface area contributed by atoms with Gasteiger partial charge in [0.1, 0.15) is 5.69 Å². The molecule has 1 aromatic heterocycles. The molecule has 0 radical (unpaired) electrons. The van der Waals surface area contributed by atoms with Crippen molar-refractivity contribution in [2.24, 2.45) is 0 Å². The maximum Gasteiger partial charge on any atom is 0.431 e. The summed E-state index contributed by atoms with van der Waals surface area (Å²) in [5.41, 5.74) is 0.282. The van der Waals surface area contributed by atoms with Crippen LogP contribution < -0.4 is 0 Å². The van der Waals surface area contributed by atoms with Gasteiger partial charge in [0.15, 0.2) is 0 Å². The van der Waals surface area contributed by atoms with Crippen molar-refractivity contribution in [3.63, 3.8) is 0 Å². The van der Waals surface area contributed by atoms with Crippen molar-refractivity contribution >= 4 is 26.8 Å². The average Bonchev–Trinajstić information content (AvgIpc) is 2.55. The van der Waals surface area contributed by atoms with Crippen LogP contribution in [-0.4, -0.2) is 4.57 Å². The third-order valence-electron chi connectivity index (χ3n) is 2.98. The Balaban J connectivity index is 2.95. The molecular weight excluding hydrogens is 319 g/mol. The van der Waals surface area contributed by atoms with E-state index in [1.165, 1.54) is 10.6 Å². The van der Waals surface area contributed by atoms with Crippen LogP contribution in [0.1, 0.15) is 32.0 Å². The van der Waals surface area contributed by atoms with Crippen molar-refractivity contribution in [2.75, 3.05) is 0 Å². The van der Waals surface area contributed by atoms with Gasteiger partial charge in [-0.3, -0.25) is 0 Å². The summed E-state index contributed by atoms with van der Waals surface area (Å²) in [7, 11) is 0. The van der Waals surface area contributed by atoms with Gasteiger partial charge in [0.05, 0.1) is 5.52 Å². The van der Waals surface area contributed by atoms with Gasteiger partial charge in [0.25, 0.3) is 0 Å². The summed E-state index contributed by atoms with van der Waals surface area (Å²) >= 11 is 3.35. The zero-order chi connectivity index (χ0) is 14.6. The van der Waals surface area contributed by atoms with Crippen molar-refractivity contribution in [3.05, 3.63) is 33.9 Å². The zero-order valence-electron chi connectivity index (χ0n) is 11.2. The molecule has 5 heteroatoms. The van der Waals surface area contributed by atoms with Gasteiger partial charge in [-0.25, -0.2) is 0 Å². The average molecular weight is 334 g/mol. The minimum absolute atomic E-state index is 0.591. The standard InChI is InChI=1S/C14H15BrF3N/c1-8-5-10(15)9-7-12(14(16,17)18)19(11(9)6-8)13(2,3)4/h5-7H,1-4H3. The van der Waals surface area contributed by atoms with Gasteiger partial charge < -0.3 is 4.57 Å². The van der Waals surface area contributed by atoms with Crippen LogP contribution >= 0.6 is 15.9 Å². The van der Waals surface area contributed by atoms with Crippen LogP contribution in [0, 0.1) is 6.92 Å². The molecule has 0 N–H and O–H groups in total. The van der Waals surface area contributed by atoms with Gasteiger partial charge in [-0.15, -0.1) is 0 Å². The Morgan fingerprint density at radius 3 is 2.11 bits per heavy atom. The van der Waals surface area contributed by atoms with E-state index < -0.39 is 17.4 Å². The van der Waals surface area contributed by atoms with Gasteiger partial charge >= 0.3 is 6.18 Å². The molecule has 0 aliphatic heterocycles. The number of hydrogen-bond donors (Lipinski definition) is 0. The van der Waals surface area contributed by atoms with Crippen LogP contribution in [0.15, 0.2) is 22.7 Å². The molecule has 0 saturated carbocycles. The number of nitrogens with zero attached hydrogens (tertiary/aromatic N) is 1. The molecule has 1 heterocycles. The molecule has 0 aliphatic carbocycles. The monoisotopic (exact) mass is 333 g/mol. The Morgan fingerprint density at radius 1 is 1.05 bits per heavy atom. The highest BCUT2D eigenvalue weighted by atomic mass is 79.9. The summed E-state index contributed by atoms with van der Waals surface area (Å²) in [6, 6.07) is 4.83. The highest BCUT2D eigenvalue weighted by Gasteiger charge is 2.38. The normalized spacial score (nSPS) is 13.3. The maximum atomic E-state index is 13.2. The maximum absolute atomic E-state index is 13.2. The first-order valence-electron chi connectivity index (χ1n) is 5.91. The Bertz CT molecular complexity index is 633. The first kappa shape index (κ1) is 14.4. The van der Waals surface area contributed by atoms with E-state index in [0.29, 0.717) is 15.4 Å². The third-order valence-corrected chi connectivity index (χ3v) is 3.63. The number of rotatable bonds is 0. The SMILES string of the molecule is Cc1cc(Br)c2cc(C(F)(F)F)n(C(C)(C)C)c2c1. The van der Waals surface area contributed by atoms with E-state index >= 15 is 0 Å². The van der Waals surface area contributed by atoms with E-state index in [4.69, 9.17) is 0 Å². The molecule has 2 aromatic rings. The van der Waals surface area contributed by atoms with Crippen molar-refractivity contribution < 1.29 is 13.2 Å². The van der Waals surface area contributed by atoms with E-state index in [1.807, 2.05) is 13.0 Å². The molecule has 2 rings (SSSR count). The fraction of sp³-hybridized carbons (Fsp3) is 0.429. The highest BCUT2D eigenvalue weighted by Crippen LogP contribution is 2.40. The van der Waals surface area contributed by atoms with Crippen LogP contribution in [0.3, 0.4) is 0 Å². The molecular formula is C14H15BrF3N. The lowest BCUT2D eigenvalue weighted by Gasteiger charge is -2.26. The Kier molecular flexibility index (Phi) is 3.24. The molecule has 0 saturated heterocycles.